The van der Waals surface area contributed by atoms with Gasteiger partial charge in [-0.2, -0.15) is 13.2 Å². The largest absolute Gasteiger partial charge is 0.401 e. The third-order valence-corrected chi connectivity index (χ3v) is 2.33. The molecule has 0 aromatic carbocycles. The van der Waals surface area contributed by atoms with Crippen LogP contribution in [-0.2, 0) is 0 Å². The van der Waals surface area contributed by atoms with Gasteiger partial charge < -0.3 is 0 Å². The van der Waals surface area contributed by atoms with Crippen molar-refractivity contribution in [3.63, 3.8) is 0 Å². The molecule has 1 heterocycles. The topological polar surface area (TPSA) is 3.24 Å². The number of nitrogens with zero attached hydrogens (tertiary/aromatic N) is 1. The van der Waals surface area contributed by atoms with Gasteiger partial charge in [-0.05, 0) is 12.3 Å². The first-order valence-corrected chi connectivity index (χ1v) is 4.21. The van der Waals surface area contributed by atoms with Crippen molar-refractivity contribution in [1.29, 1.82) is 0 Å². The molecule has 1 nitrogen and oxygen atoms in total. The molecule has 1 saturated heterocycles. The van der Waals surface area contributed by atoms with Crippen LogP contribution in [0.15, 0.2) is 0 Å². The smallest absolute Gasteiger partial charge is 0.292 e. The highest BCUT2D eigenvalue weighted by Gasteiger charge is 2.39. The first-order valence-electron chi connectivity index (χ1n) is 4.21. The molecule has 1 atom stereocenters. The summed E-state index contributed by atoms with van der Waals surface area (Å²) in [6, 6.07) is 0.145. The molecule has 0 spiro atoms. The van der Waals surface area contributed by atoms with Crippen LogP contribution in [0.4, 0.5) is 13.2 Å². The van der Waals surface area contributed by atoms with E-state index >= 15 is 0 Å². The van der Waals surface area contributed by atoms with Gasteiger partial charge in [0.1, 0.15) is 0 Å². The Kier molecular flexibility index (Phi) is 2.66. The number of hydrogen-bond acceptors (Lipinski definition) is 1. The summed E-state index contributed by atoms with van der Waals surface area (Å²) in [4.78, 5) is 1.50. The maximum atomic E-state index is 11.9. The second-order valence-electron chi connectivity index (χ2n) is 3.69. The van der Waals surface area contributed by atoms with Crippen LogP contribution in [-0.4, -0.2) is 30.2 Å². The number of rotatable bonds is 2. The maximum Gasteiger partial charge on any atom is 0.401 e. The van der Waals surface area contributed by atoms with Crippen LogP contribution >= 0.6 is 0 Å². The molecule has 1 aliphatic rings. The van der Waals surface area contributed by atoms with Crippen molar-refractivity contribution in [1.82, 2.24) is 4.90 Å². The van der Waals surface area contributed by atoms with E-state index in [2.05, 4.69) is 0 Å². The standard InChI is InChI=1S/C8H14F3N/c1-6(2)7-3-4-12(7)5-8(9,10)11/h6-7H,3-5H2,1-2H3/t7-/m0/s1. The number of alkyl halides is 3. The zero-order valence-corrected chi connectivity index (χ0v) is 7.36. The Morgan fingerprint density at radius 2 is 2.00 bits per heavy atom. The van der Waals surface area contributed by atoms with Gasteiger partial charge >= 0.3 is 6.18 Å². The van der Waals surface area contributed by atoms with Crippen molar-refractivity contribution in [2.45, 2.75) is 32.5 Å². The minimum atomic E-state index is -4.03. The Bertz CT molecular complexity index is 153. The minimum Gasteiger partial charge on any atom is -0.292 e. The van der Waals surface area contributed by atoms with Gasteiger partial charge in [0, 0.05) is 12.6 Å². The zero-order chi connectivity index (χ0) is 9.35. The highest BCUT2D eigenvalue weighted by molar-refractivity contribution is 4.86. The van der Waals surface area contributed by atoms with Crippen LogP contribution in [0, 0.1) is 5.92 Å². The zero-order valence-electron chi connectivity index (χ0n) is 7.36. The summed E-state index contributed by atoms with van der Waals surface area (Å²) in [7, 11) is 0. The van der Waals surface area contributed by atoms with Gasteiger partial charge in [0.25, 0.3) is 0 Å². The second-order valence-corrected chi connectivity index (χ2v) is 3.69. The van der Waals surface area contributed by atoms with Crippen molar-refractivity contribution in [3.8, 4) is 0 Å². The first kappa shape index (κ1) is 9.84. The van der Waals surface area contributed by atoms with Crippen LogP contribution in [0.25, 0.3) is 0 Å². The lowest BCUT2D eigenvalue weighted by molar-refractivity contribution is -0.164. The number of hydrogen-bond donors (Lipinski definition) is 0. The van der Waals surface area contributed by atoms with Crippen molar-refractivity contribution in [3.05, 3.63) is 0 Å². The van der Waals surface area contributed by atoms with Crippen LogP contribution in [0.5, 0.6) is 0 Å². The van der Waals surface area contributed by atoms with E-state index in [4.69, 9.17) is 0 Å². The van der Waals surface area contributed by atoms with Crippen LogP contribution in [0.3, 0.4) is 0 Å². The molecule has 0 bridgehead atoms. The highest BCUT2D eigenvalue weighted by Crippen LogP contribution is 2.28. The van der Waals surface area contributed by atoms with E-state index in [1.807, 2.05) is 13.8 Å². The minimum absolute atomic E-state index is 0.145. The molecular formula is C8H14F3N. The molecule has 0 radical (unpaired) electrons. The summed E-state index contributed by atoms with van der Waals surface area (Å²) in [6.45, 7) is 3.79. The van der Waals surface area contributed by atoms with E-state index in [1.54, 1.807) is 0 Å². The average molecular weight is 181 g/mol. The van der Waals surface area contributed by atoms with E-state index in [-0.39, 0.29) is 6.04 Å². The van der Waals surface area contributed by atoms with E-state index in [9.17, 15) is 13.2 Å². The summed E-state index contributed by atoms with van der Waals surface area (Å²) in [5.74, 6) is 0.334. The predicted octanol–water partition coefficient (Wildman–Crippen LogP) is 2.28. The Morgan fingerprint density at radius 1 is 1.42 bits per heavy atom. The lowest BCUT2D eigenvalue weighted by Crippen LogP contribution is -2.53. The summed E-state index contributed by atoms with van der Waals surface area (Å²) in [5.41, 5.74) is 0. The van der Waals surface area contributed by atoms with Gasteiger partial charge in [-0.15, -0.1) is 0 Å². The van der Waals surface area contributed by atoms with Crippen molar-refractivity contribution < 1.29 is 13.2 Å². The molecule has 0 amide bonds. The van der Waals surface area contributed by atoms with Crippen molar-refractivity contribution in [2.75, 3.05) is 13.1 Å². The lowest BCUT2D eigenvalue weighted by atomic mass is 9.92. The monoisotopic (exact) mass is 181 g/mol. The van der Waals surface area contributed by atoms with E-state index < -0.39 is 12.7 Å². The molecule has 4 heteroatoms. The van der Waals surface area contributed by atoms with Gasteiger partial charge in [-0.25, -0.2) is 0 Å². The average Bonchev–Trinajstić information content (AvgIpc) is 1.77. The summed E-state index contributed by atoms with van der Waals surface area (Å²) >= 11 is 0. The molecule has 12 heavy (non-hydrogen) atoms. The van der Waals surface area contributed by atoms with Crippen LogP contribution in [0.1, 0.15) is 20.3 Å². The SMILES string of the molecule is CC(C)[C@@H]1CCN1CC(F)(F)F. The summed E-state index contributed by atoms with van der Waals surface area (Å²) in [5, 5.41) is 0. The Labute approximate surface area is 70.5 Å². The summed E-state index contributed by atoms with van der Waals surface area (Å²) < 4.78 is 35.8. The highest BCUT2D eigenvalue weighted by atomic mass is 19.4. The molecule has 1 fully saturated rings. The molecule has 0 saturated carbocycles. The predicted molar refractivity (Wildman–Crippen MR) is 40.9 cm³/mol. The number of likely N-dealkylation sites (tertiary alicyclic amines) is 1. The molecule has 0 aromatic rings. The van der Waals surface area contributed by atoms with Crippen molar-refractivity contribution in [2.24, 2.45) is 5.92 Å². The quantitative estimate of drug-likeness (QED) is 0.631. The van der Waals surface area contributed by atoms with E-state index in [0.717, 1.165) is 6.42 Å². The van der Waals surface area contributed by atoms with E-state index in [0.29, 0.717) is 12.5 Å². The Morgan fingerprint density at radius 3 is 2.25 bits per heavy atom. The second kappa shape index (κ2) is 3.24. The molecule has 1 aliphatic heterocycles. The van der Waals surface area contributed by atoms with Gasteiger partial charge in [0.15, 0.2) is 0 Å². The fourth-order valence-electron chi connectivity index (χ4n) is 1.64. The molecule has 0 N–H and O–H groups in total. The van der Waals surface area contributed by atoms with Gasteiger partial charge in [-0.3, -0.25) is 4.90 Å². The van der Waals surface area contributed by atoms with Gasteiger partial charge in [0.2, 0.25) is 0 Å². The fraction of sp³-hybridized carbons (Fsp3) is 1.00. The van der Waals surface area contributed by atoms with Gasteiger partial charge in [-0.1, -0.05) is 13.8 Å². The number of halogens is 3. The molecule has 1 rings (SSSR count). The normalized spacial score (nSPS) is 26.0. The van der Waals surface area contributed by atoms with E-state index in [1.165, 1.54) is 4.90 Å². The van der Waals surface area contributed by atoms with Crippen LogP contribution in [0.2, 0.25) is 0 Å². The Balaban J connectivity index is 2.35. The third-order valence-electron chi connectivity index (χ3n) is 2.33. The molecular weight excluding hydrogens is 167 g/mol. The summed E-state index contributed by atoms with van der Waals surface area (Å²) in [6.07, 6.45) is -3.12. The Hall–Kier alpha value is -0.250. The fourth-order valence-corrected chi connectivity index (χ4v) is 1.64. The molecule has 0 unspecified atom stereocenters. The molecule has 72 valence electrons. The van der Waals surface area contributed by atoms with Gasteiger partial charge in [0.05, 0.1) is 6.54 Å². The maximum absolute atomic E-state index is 11.9. The lowest BCUT2D eigenvalue weighted by Gasteiger charge is -2.43. The molecule has 0 aliphatic carbocycles. The van der Waals surface area contributed by atoms with Crippen LogP contribution < -0.4 is 0 Å². The first-order chi connectivity index (χ1) is 5.40. The van der Waals surface area contributed by atoms with Crippen molar-refractivity contribution >= 4 is 0 Å². The molecule has 0 aromatic heterocycles. The third kappa shape index (κ3) is 2.37.